The van der Waals surface area contributed by atoms with Crippen LogP contribution < -0.4 is 37.6 Å². The highest BCUT2D eigenvalue weighted by molar-refractivity contribution is 6.12. The van der Waals surface area contributed by atoms with Crippen molar-refractivity contribution in [3.05, 3.63) is 77.9 Å². The fourth-order valence-electron chi connectivity index (χ4n) is 12.8. The molecule has 12 amide bonds. The molecule has 2 aliphatic rings. The smallest absolute Gasteiger partial charge is 0.410 e. The van der Waals surface area contributed by atoms with Gasteiger partial charge in [-0.15, -0.1) is 0 Å². The van der Waals surface area contributed by atoms with Crippen LogP contribution in [0.1, 0.15) is 165 Å². The topological polar surface area (TPSA) is 344 Å². The average molecular weight is 1380 g/mol. The van der Waals surface area contributed by atoms with Crippen molar-refractivity contribution in [1.29, 1.82) is 0 Å². The van der Waals surface area contributed by atoms with Gasteiger partial charge >= 0.3 is 12.1 Å². The number of carbonyl (C=O) groups excluding carboxylic acids is 12. The van der Waals surface area contributed by atoms with Crippen molar-refractivity contribution < 1.29 is 71.7 Å². The van der Waals surface area contributed by atoms with Crippen LogP contribution in [0.2, 0.25) is 0 Å². The van der Waals surface area contributed by atoms with Crippen molar-refractivity contribution in [2.75, 3.05) is 53.3 Å². The first-order chi connectivity index (χ1) is 46.6. The Morgan fingerprint density at radius 1 is 0.697 bits per heavy atom. The van der Waals surface area contributed by atoms with Gasteiger partial charge in [-0.25, -0.2) is 9.59 Å². The number of urea groups is 1. The van der Waals surface area contributed by atoms with Crippen LogP contribution in [-0.4, -0.2) is 193 Å². The fraction of sp³-hybridized carbons (Fsp3) is 0.644. The molecule has 0 aliphatic carbocycles. The molecule has 0 bridgehead atoms. The van der Waals surface area contributed by atoms with Gasteiger partial charge in [0.1, 0.15) is 24.7 Å². The Labute approximate surface area is 585 Å². The van der Waals surface area contributed by atoms with Crippen molar-refractivity contribution in [3.63, 3.8) is 0 Å². The first kappa shape index (κ1) is 83.2. The molecule has 550 valence electrons. The number of hydrogen-bond acceptors (Lipinski definition) is 15. The highest BCUT2D eigenvalue weighted by atomic mass is 16.6. The Kier molecular flexibility index (Phi) is 33.7. The maximum absolute atomic E-state index is 14.9. The number of Topliss-reactive ketones (excluding diaryl/α,β-unsaturated/α-hetero) is 1. The van der Waals surface area contributed by atoms with Crippen molar-refractivity contribution >= 4 is 76.8 Å². The standard InChI is InChI=1S/C73H113N11O15/c1-17-47(8)64(56(97-15)42-60(89)83-39-25-29-54(83)65(98-16)48(9)66(90)77-53(68(92)80-73(10,11)12)40-49-26-20-18-21-27-49)81(13)70(94)62(45(4)5)79-69(93)63(46(6)7)82(14)72(96)99-43-50-31-33-52(34-32-50)76-67(91)51(28-24-37-75-71(74)95)41-55(85)61(44(2)3)78-57(86)30-22-19-23-38-84-58(87)35-36-59(84)88/h18,20-21,26-27,31-36,44-48,51,53-54,56,61-65H,17,19,22-25,28-30,37-43H2,1-16H3,(H,76,91)(H,77,90)(H,78,86)(H,79,93)(H,80,92)(H3,74,75,95)/t47-,48+,51+,53-,54-,56+,61-,62-,63-,64-,65+/m0/s1. The van der Waals surface area contributed by atoms with Crippen LogP contribution in [0.3, 0.4) is 0 Å². The largest absolute Gasteiger partial charge is 0.445 e. The van der Waals surface area contributed by atoms with E-state index in [1.807, 2.05) is 65.0 Å². The molecule has 2 heterocycles. The second-order valence-electron chi connectivity index (χ2n) is 28.4. The molecular weight excluding hydrogens is 1270 g/mol. The van der Waals surface area contributed by atoms with Gasteiger partial charge < -0.3 is 61.6 Å². The van der Waals surface area contributed by atoms with E-state index in [-0.39, 0.29) is 99.0 Å². The average Bonchev–Trinajstić information content (AvgIpc) is 1.75. The molecule has 0 saturated carbocycles. The number of hydrogen-bond donors (Lipinski definition) is 7. The summed E-state index contributed by atoms with van der Waals surface area (Å²) in [7, 11) is 6.07. The number of methoxy groups -OCH3 is 2. The number of unbranched alkanes of at least 4 members (excludes halogenated alkanes) is 2. The summed E-state index contributed by atoms with van der Waals surface area (Å²) < 4.78 is 17.9. The number of nitrogens with zero attached hydrogens (tertiary/aromatic N) is 4. The number of primary amides is 1. The third-order valence-electron chi connectivity index (χ3n) is 18.5. The molecule has 26 heteroatoms. The first-order valence-electron chi connectivity index (χ1n) is 34.9. The van der Waals surface area contributed by atoms with Crippen LogP contribution >= 0.6 is 0 Å². The fourth-order valence-corrected chi connectivity index (χ4v) is 12.8. The molecule has 11 atom stereocenters. The van der Waals surface area contributed by atoms with E-state index in [0.717, 1.165) is 10.5 Å². The minimum Gasteiger partial charge on any atom is -0.445 e. The summed E-state index contributed by atoms with van der Waals surface area (Å²) in [6, 6.07) is 10.1. The van der Waals surface area contributed by atoms with Crippen LogP contribution in [0, 0.1) is 35.5 Å². The Balaban J connectivity index is 1.39. The maximum atomic E-state index is 14.9. The minimum absolute atomic E-state index is 0.111. The lowest BCUT2D eigenvalue weighted by Crippen LogP contribution is -2.60. The highest BCUT2D eigenvalue weighted by Crippen LogP contribution is 2.31. The van der Waals surface area contributed by atoms with E-state index in [0.29, 0.717) is 62.7 Å². The number of ether oxygens (including phenoxy) is 3. The van der Waals surface area contributed by atoms with Gasteiger partial charge in [-0.3, -0.25) is 57.7 Å². The Bertz CT molecular complexity index is 3060. The lowest BCUT2D eigenvalue weighted by atomic mass is 9.89. The minimum atomic E-state index is -1.09. The maximum Gasteiger partial charge on any atom is 0.410 e. The molecule has 0 unspecified atom stereocenters. The number of likely N-dealkylation sites (N-methyl/N-ethyl adjacent to an activating group) is 2. The second-order valence-corrected chi connectivity index (χ2v) is 28.4. The molecule has 26 nitrogen and oxygen atoms in total. The van der Waals surface area contributed by atoms with Crippen molar-refractivity contribution in [2.24, 2.45) is 41.2 Å². The van der Waals surface area contributed by atoms with E-state index in [1.165, 1.54) is 38.3 Å². The Morgan fingerprint density at radius 3 is 1.90 bits per heavy atom. The number of nitrogens with one attached hydrogen (secondary N) is 6. The number of likely N-dealkylation sites (tertiary alicyclic amines) is 1. The number of amides is 12. The molecule has 0 radical (unpaired) electrons. The number of ketones is 1. The molecule has 4 rings (SSSR count). The Hall–Kier alpha value is -8.26. The van der Waals surface area contributed by atoms with Gasteiger partial charge in [-0.05, 0) is 106 Å². The van der Waals surface area contributed by atoms with E-state index in [9.17, 15) is 57.5 Å². The summed E-state index contributed by atoms with van der Waals surface area (Å²) in [6.45, 7) is 22.6. The summed E-state index contributed by atoms with van der Waals surface area (Å²) >= 11 is 0. The van der Waals surface area contributed by atoms with Crippen LogP contribution in [0.5, 0.6) is 0 Å². The molecule has 8 N–H and O–H groups in total. The zero-order chi connectivity index (χ0) is 74.0. The highest BCUT2D eigenvalue weighted by Gasteiger charge is 2.44. The third kappa shape index (κ3) is 25.8. The lowest BCUT2D eigenvalue weighted by molar-refractivity contribution is -0.148. The normalized spacial score (nSPS) is 16.9. The summed E-state index contributed by atoms with van der Waals surface area (Å²) in [4.78, 5) is 167. The number of benzene rings is 2. The summed E-state index contributed by atoms with van der Waals surface area (Å²) in [6.07, 6.45) is 4.01. The van der Waals surface area contributed by atoms with Gasteiger partial charge in [0.2, 0.25) is 41.4 Å². The second kappa shape index (κ2) is 40.1. The molecule has 2 aliphatic heterocycles. The number of imide groups is 1. The summed E-state index contributed by atoms with van der Waals surface area (Å²) in [5.41, 5.74) is 6.50. The van der Waals surface area contributed by atoms with E-state index < -0.39 is 113 Å². The van der Waals surface area contributed by atoms with E-state index in [2.05, 4.69) is 31.9 Å². The Morgan fingerprint density at radius 2 is 1.33 bits per heavy atom. The van der Waals surface area contributed by atoms with Crippen molar-refractivity contribution in [2.45, 2.75) is 221 Å². The first-order valence-corrected chi connectivity index (χ1v) is 34.9. The molecular formula is C73H113N11O15. The monoisotopic (exact) mass is 1380 g/mol. The molecule has 0 aromatic heterocycles. The van der Waals surface area contributed by atoms with Gasteiger partial charge in [-0.1, -0.05) is 118 Å². The number of nitrogens with two attached hydrogens (primary N) is 1. The number of anilines is 1. The zero-order valence-electron chi connectivity index (χ0n) is 61.2. The molecule has 2 aromatic rings. The van der Waals surface area contributed by atoms with E-state index >= 15 is 0 Å². The van der Waals surface area contributed by atoms with Gasteiger partial charge in [0.05, 0.1) is 42.7 Å². The van der Waals surface area contributed by atoms with E-state index in [1.54, 1.807) is 89.6 Å². The predicted molar refractivity (Wildman–Crippen MR) is 376 cm³/mol. The SMILES string of the molecule is CC[C@H](C)[C@@H]([C@@H](CC(=O)N1CCC[C@H]1[C@H](OC)[C@@H](C)C(=O)N[C@@H](Cc1ccccc1)C(=O)NC(C)(C)C)OC)N(C)C(=O)[C@@H](NC(=O)[C@H](C(C)C)N(C)C(=O)OCc1ccc(NC(=O)[C@H](CCCNC(N)=O)CC(=O)[C@@H](NC(=O)CCCCCN2C(=O)C=CC2=O)C(C)C)cc1)C(C)C. The summed E-state index contributed by atoms with van der Waals surface area (Å²) in [5.74, 6) is -6.95. The molecule has 2 aromatic carbocycles. The zero-order valence-corrected chi connectivity index (χ0v) is 61.2. The van der Waals surface area contributed by atoms with Gasteiger partial charge in [0.25, 0.3) is 11.8 Å². The quantitative estimate of drug-likeness (QED) is 0.0274. The van der Waals surface area contributed by atoms with Crippen molar-refractivity contribution in [1.82, 2.24) is 46.2 Å². The van der Waals surface area contributed by atoms with Gasteiger partial charge in [-0.2, -0.15) is 0 Å². The number of carbonyl (C=O) groups is 12. The molecule has 1 fully saturated rings. The molecule has 1 saturated heterocycles. The summed E-state index contributed by atoms with van der Waals surface area (Å²) in [5, 5.41) is 17.1. The van der Waals surface area contributed by atoms with Crippen LogP contribution in [0.4, 0.5) is 15.3 Å². The third-order valence-corrected chi connectivity index (χ3v) is 18.5. The molecule has 0 spiro atoms. The van der Waals surface area contributed by atoms with Crippen LogP contribution in [-0.2, 0) is 75.2 Å². The van der Waals surface area contributed by atoms with Crippen LogP contribution in [0.25, 0.3) is 0 Å². The number of rotatable bonds is 40. The lowest BCUT2D eigenvalue weighted by Gasteiger charge is -2.41. The van der Waals surface area contributed by atoms with E-state index in [4.69, 9.17) is 19.9 Å². The van der Waals surface area contributed by atoms with Gasteiger partial charge in [0, 0.05) is 96.5 Å². The van der Waals surface area contributed by atoms with Gasteiger partial charge in [0.15, 0.2) is 5.78 Å². The predicted octanol–water partition coefficient (Wildman–Crippen LogP) is 6.57. The van der Waals surface area contributed by atoms with Crippen LogP contribution in [0.15, 0.2) is 66.7 Å². The molecule has 99 heavy (non-hydrogen) atoms. The van der Waals surface area contributed by atoms with Crippen molar-refractivity contribution in [3.8, 4) is 0 Å².